The van der Waals surface area contributed by atoms with Crippen LogP contribution in [-0.2, 0) is 20.9 Å². The monoisotopic (exact) mass is 240 g/mol. The SMILES string of the molecule is O=S(=O)(OCc1ccccc1)C1N=NN=N1. The normalized spacial score (nSPS) is 15.8. The smallest absolute Gasteiger partial charge is 0.262 e. The van der Waals surface area contributed by atoms with Crippen molar-refractivity contribution < 1.29 is 12.6 Å². The molecule has 16 heavy (non-hydrogen) atoms. The number of hydrogen-bond donors (Lipinski definition) is 0. The summed E-state index contributed by atoms with van der Waals surface area (Å²) in [5.41, 5.74) is -0.617. The summed E-state index contributed by atoms with van der Waals surface area (Å²) in [7, 11) is -3.88. The molecule has 1 aliphatic rings. The molecule has 0 aliphatic carbocycles. The highest BCUT2D eigenvalue weighted by atomic mass is 32.2. The zero-order valence-corrected chi connectivity index (χ0v) is 8.91. The summed E-state index contributed by atoms with van der Waals surface area (Å²) in [6.07, 6.45) is 0. The van der Waals surface area contributed by atoms with Gasteiger partial charge in [0.1, 0.15) is 0 Å². The van der Waals surface area contributed by atoms with E-state index in [2.05, 4.69) is 20.7 Å². The molecular weight excluding hydrogens is 232 g/mol. The zero-order valence-electron chi connectivity index (χ0n) is 8.09. The van der Waals surface area contributed by atoms with E-state index in [0.29, 0.717) is 0 Å². The Labute approximate surface area is 92.0 Å². The van der Waals surface area contributed by atoms with Gasteiger partial charge in [0.05, 0.1) is 6.61 Å². The maximum atomic E-state index is 11.5. The largest absolute Gasteiger partial charge is 0.316 e. The lowest BCUT2D eigenvalue weighted by molar-refractivity contribution is 0.302. The number of nitrogens with zero attached hydrogens (tertiary/aromatic N) is 4. The minimum atomic E-state index is -3.88. The molecule has 8 heteroatoms. The molecule has 0 fully saturated rings. The van der Waals surface area contributed by atoms with E-state index in [4.69, 9.17) is 4.18 Å². The highest BCUT2D eigenvalue weighted by molar-refractivity contribution is 7.87. The molecule has 0 unspecified atom stereocenters. The van der Waals surface area contributed by atoms with E-state index in [1.807, 2.05) is 6.07 Å². The molecular formula is C8H8N4O3S. The lowest BCUT2D eigenvalue weighted by Crippen LogP contribution is -2.17. The van der Waals surface area contributed by atoms with Crippen LogP contribution in [0.3, 0.4) is 0 Å². The highest BCUT2D eigenvalue weighted by Crippen LogP contribution is 2.15. The molecule has 0 saturated heterocycles. The Hall–Kier alpha value is -1.67. The molecule has 0 bridgehead atoms. The lowest BCUT2D eigenvalue weighted by atomic mass is 10.2. The van der Waals surface area contributed by atoms with Gasteiger partial charge in [-0.05, 0) is 16.0 Å². The van der Waals surface area contributed by atoms with Crippen LogP contribution in [0.15, 0.2) is 51.0 Å². The van der Waals surface area contributed by atoms with E-state index in [1.165, 1.54) is 0 Å². The minimum absolute atomic E-state index is 0.0509. The van der Waals surface area contributed by atoms with Crippen LogP contribution in [-0.4, -0.2) is 13.9 Å². The number of hydrogen-bond acceptors (Lipinski definition) is 7. The van der Waals surface area contributed by atoms with Crippen molar-refractivity contribution in [3.63, 3.8) is 0 Å². The first-order chi connectivity index (χ1) is 7.68. The Morgan fingerprint density at radius 1 is 1.12 bits per heavy atom. The first-order valence-corrected chi connectivity index (χ1v) is 5.88. The van der Waals surface area contributed by atoms with Gasteiger partial charge in [-0.1, -0.05) is 30.3 Å². The topological polar surface area (TPSA) is 92.8 Å². The quantitative estimate of drug-likeness (QED) is 0.749. The van der Waals surface area contributed by atoms with Gasteiger partial charge < -0.3 is 0 Å². The maximum absolute atomic E-state index is 11.5. The van der Waals surface area contributed by atoms with Crippen LogP contribution in [0, 0.1) is 0 Å². The Morgan fingerprint density at radius 3 is 2.38 bits per heavy atom. The van der Waals surface area contributed by atoms with Crippen molar-refractivity contribution in [3.05, 3.63) is 35.9 Å². The van der Waals surface area contributed by atoms with Gasteiger partial charge in [0, 0.05) is 0 Å². The van der Waals surface area contributed by atoms with Gasteiger partial charge in [-0.15, -0.1) is 10.2 Å². The summed E-state index contributed by atoms with van der Waals surface area (Å²) in [5.74, 6) is 0. The van der Waals surface area contributed by atoms with Crippen molar-refractivity contribution in [1.29, 1.82) is 0 Å². The van der Waals surface area contributed by atoms with E-state index in [9.17, 15) is 8.42 Å². The Bertz CT molecular complexity index is 499. The summed E-state index contributed by atoms with van der Waals surface area (Å²) < 4.78 is 27.7. The fourth-order valence-corrected chi connectivity index (χ4v) is 1.80. The van der Waals surface area contributed by atoms with E-state index < -0.39 is 15.6 Å². The first kappa shape index (κ1) is 10.8. The van der Waals surface area contributed by atoms with Gasteiger partial charge in [0.2, 0.25) is 0 Å². The molecule has 0 amide bonds. The fraction of sp³-hybridized carbons (Fsp3) is 0.250. The van der Waals surface area contributed by atoms with Gasteiger partial charge in [0.15, 0.2) is 0 Å². The lowest BCUT2D eigenvalue weighted by Gasteiger charge is -2.05. The molecule has 0 atom stereocenters. The number of rotatable bonds is 4. The van der Waals surface area contributed by atoms with Crippen LogP contribution >= 0.6 is 0 Å². The average Bonchev–Trinajstić information content (AvgIpc) is 2.82. The van der Waals surface area contributed by atoms with Crippen LogP contribution in [0.4, 0.5) is 0 Å². The van der Waals surface area contributed by atoms with E-state index in [-0.39, 0.29) is 6.61 Å². The Kier molecular flexibility index (Phi) is 3.02. The molecule has 2 rings (SSSR count). The molecule has 1 aromatic rings. The molecule has 1 aromatic carbocycles. The molecule has 1 aliphatic heterocycles. The predicted molar refractivity (Wildman–Crippen MR) is 53.7 cm³/mol. The van der Waals surface area contributed by atoms with Gasteiger partial charge in [-0.3, -0.25) is 4.18 Å². The molecule has 84 valence electrons. The second kappa shape index (κ2) is 4.45. The van der Waals surface area contributed by atoms with Crippen molar-refractivity contribution in [2.24, 2.45) is 20.7 Å². The van der Waals surface area contributed by atoms with Gasteiger partial charge >= 0.3 is 15.6 Å². The Balaban J connectivity index is 2.00. The van der Waals surface area contributed by atoms with Crippen LogP contribution < -0.4 is 0 Å². The van der Waals surface area contributed by atoms with Gasteiger partial charge in [-0.2, -0.15) is 8.42 Å². The maximum Gasteiger partial charge on any atom is 0.316 e. The highest BCUT2D eigenvalue weighted by Gasteiger charge is 2.28. The minimum Gasteiger partial charge on any atom is -0.262 e. The summed E-state index contributed by atoms with van der Waals surface area (Å²) in [6, 6.07) is 8.93. The summed E-state index contributed by atoms with van der Waals surface area (Å²) in [6.45, 7) is -0.0509. The summed E-state index contributed by atoms with van der Waals surface area (Å²) in [5, 5.41) is 12.8. The van der Waals surface area contributed by atoms with Gasteiger partial charge in [0.25, 0.3) is 0 Å². The van der Waals surface area contributed by atoms with Crippen LogP contribution in [0.25, 0.3) is 0 Å². The third-order valence-corrected chi connectivity index (χ3v) is 2.98. The fourth-order valence-electron chi connectivity index (χ4n) is 1.06. The van der Waals surface area contributed by atoms with Crippen molar-refractivity contribution in [1.82, 2.24) is 0 Å². The summed E-state index contributed by atoms with van der Waals surface area (Å²) >= 11 is 0. The second-order valence-corrected chi connectivity index (χ2v) is 4.62. The van der Waals surface area contributed by atoms with E-state index in [1.54, 1.807) is 24.3 Å². The van der Waals surface area contributed by atoms with Crippen molar-refractivity contribution in [2.75, 3.05) is 0 Å². The van der Waals surface area contributed by atoms with E-state index in [0.717, 1.165) is 5.56 Å². The van der Waals surface area contributed by atoms with Crippen LogP contribution in [0.1, 0.15) is 5.56 Å². The first-order valence-electron chi connectivity index (χ1n) is 4.41. The zero-order chi connectivity index (χ0) is 11.4. The van der Waals surface area contributed by atoms with Crippen LogP contribution in [0.2, 0.25) is 0 Å². The molecule has 0 spiro atoms. The molecule has 0 radical (unpaired) electrons. The third-order valence-electron chi connectivity index (χ3n) is 1.83. The standard InChI is InChI=1S/C8H8N4O3S/c13-16(14,8-9-11-12-10-8)15-6-7-4-2-1-3-5-7/h1-5,8H,6H2. The van der Waals surface area contributed by atoms with Crippen molar-refractivity contribution >= 4 is 10.1 Å². The molecule has 1 heterocycles. The summed E-state index contributed by atoms with van der Waals surface area (Å²) in [4.78, 5) is 0. The third kappa shape index (κ3) is 2.47. The average molecular weight is 240 g/mol. The molecule has 0 aromatic heterocycles. The van der Waals surface area contributed by atoms with Gasteiger partial charge in [-0.25, -0.2) is 0 Å². The molecule has 0 saturated carbocycles. The molecule has 7 nitrogen and oxygen atoms in total. The van der Waals surface area contributed by atoms with Crippen molar-refractivity contribution in [2.45, 2.75) is 12.1 Å². The Morgan fingerprint density at radius 2 is 1.75 bits per heavy atom. The van der Waals surface area contributed by atoms with Crippen LogP contribution in [0.5, 0.6) is 0 Å². The predicted octanol–water partition coefficient (Wildman–Crippen LogP) is 1.65. The van der Waals surface area contributed by atoms with E-state index >= 15 is 0 Å². The number of benzene rings is 1. The van der Waals surface area contributed by atoms with Crippen molar-refractivity contribution in [3.8, 4) is 0 Å². The second-order valence-electron chi connectivity index (χ2n) is 2.98. The molecule has 0 N–H and O–H groups in total.